The van der Waals surface area contributed by atoms with Crippen LogP contribution in [0.2, 0.25) is 5.02 Å². The maximum absolute atomic E-state index is 13.9. The lowest BCUT2D eigenvalue weighted by Gasteiger charge is -2.40. The van der Waals surface area contributed by atoms with Gasteiger partial charge >= 0.3 is 18.3 Å². The summed E-state index contributed by atoms with van der Waals surface area (Å²) in [4.78, 5) is 46.0. The molecule has 4 amide bonds. The largest absolute Gasteiger partial charge is 0.506 e. The van der Waals surface area contributed by atoms with Crippen molar-refractivity contribution in [3.8, 4) is 5.75 Å². The molecule has 1 atom stereocenters. The Morgan fingerprint density at radius 3 is 2.36 bits per heavy atom. The second kappa shape index (κ2) is 14.1. The highest BCUT2D eigenvalue weighted by atomic mass is 35.5. The number of thiophene rings is 1. The molecule has 5 heterocycles. The number of fused-ring (bicyclic) bond motifs is 1. The molecule has 0 unspecified atom stereocenters. The Morgan fingerprint density at radius 1 is 1.02 bits per heavy atom. The normalized spacial score (nSPS) is 20.9. The first-order valence-corrected chi connectivity index (χ1v) is 17.4. The number of nitrogens with zero attached hydrogens (tertiary/aromatic N) is 3. The molecule has 1 aromatic heterocycles. The van der Waals surface area contributed by atoms with E-state index in [0.29, 0.717) is 44.3 Å². The van der Waals surface area contributed by atoms with Gasteiger partial charge in [0.1, 0.15) is 5.75 Å². The minimum absolute atomic E-state index is 0.0126. The van der Waals surface area contributed by atoms with Gasteiger partial charge < -0.3 is 35.2 Å². The number of alkyl halides is 3. The van der Waals surface area contributed by atoms with Gasteiger partial charge in [-0.1, -0.05) is 11.6 Å². The predicted octanol–water partition coefficient (Wildman–Crippen LogP) is 5.92. The summed E-state index contributed by atoms with van der Waals surface area (Å²) < 4.78 is 46.8. The van der Waals surface area contributed by atoms with E-state index >= 15 is 0 Å². The quantitative estimate of drug-likeness (QED) is 0.345. The molecule has 6 rings (SSSR count). The maximum atomic E-state index is 13.9. The summed E-state index contributed by atoms with van der Waals surface area (Å²) in [6.07, 6.45) is -2.52. The Morgan fingerprint density at radius 2 is 1.68 bits per heavy atom. The van der Waals surface area contributed by atoms with Crippen molar-refractivity contribution >= 4 is 46.7 Å². The number of amides is 4. The Balaban J connectivity index is 1.13. The number of hydrogen-bond acceptors (Lipinski definition) is 7. The average Bonchev–Trinajstić information content (AvgIpc) is 3.52. The molecule has 256 valence electrons. The van der Waals surface area contributed by atoms with Crippen LogP contribution in [-0.4, -0.2) is 89.3 Å². The highest BCUT2D eigenvalue weighted by Gasteiger charge is 2.39. The molecule has 3 N–H and O–H groups in total. The van der Waals surface area contributed by atoms with Gasteiger partial charge in [-0.15, -0.1) is 11.3 Å². The van der Waals surface area contributed by atoms with Gasteiger partial charge in [-0.2, -0.15) is 13.2 Å². The second-order valence-electron chi connectivity index (χ2n) is 12.8. The zero-order valence-corrected chi connectivity index (χ0v) is 27.4. The summed E-state index contributed by atoms with van der Waals surface area (Å²) in [5.41, 5.74) is -0.488. The molecule has 0 aliphatic carbocycles. The van der Waals surface area contributed by atoms with Crippen LogP contribution < -0.4 is 10.6 Å². The zero-order chi connectivity index (χ0) is 33.3. The fourth-order valence-corrected chi connectivity index (χ4v) is 8.40. The van der Waals surface area contributed by atoms with Crippen molar-refractivity contribution in [3.63, 3.8) is 0 Å². The lowest BCUT2D eigenvalue weighted by Crippen LogP contribution is -2.52. The van der Waals surface area contributed by atoms with Gasteiger partial charge in [-0.3, -0.25) is 4.79 Å². The summed E-state index contributed by atoms with van der Waals surface area (Å²) in [5.74, 6) is -0.481. The number of carbonyl (C=O) groups is 3. The van der Waals surface area contributed by atoms with Crippen molar-refractivity contribution < 1.29 is 37.4 Å². The molecule has 10 nitrogen and oxygen atoms in total. The lowest BCUT2D eigenvalue weighted by atomic mass is 9.79. The third kappa shape index (κ3) is 7.59. The molecule has 1 aromatic carbocycles. The van der Waals surface area contributed by atoms with Crippen LogP contribution in [0.1, 0.15) is 54.5 Å². The summed E-state index contributed by atoms with van der Waals surface area (Å²) in [5, 5.41) is 17.7. The Labute approximate surface area is 280 Å². The highest BCUT2D eigenvalue weighted by Crippen LogP contribution is 2.41. The average molecular weight is 698 g/mol. The Bertz CT molecular complexity index is 1470. The van der Waals surface area contributed by atoms with Crippen LogP contribution in [0.3, 0.4) is 0 Å². The fraction of sp³-hybridized carbons (Fsp3) is 0.594. The number of piperidine rings is 3. The first-order chi connectivity index (χ1) is 22.5. The first-order valence-electron chi connectivity index (χ1n) is 16.2. The number of nitrogens with one attached hydrogen (secondary N) is 2. The van der Waals surface area contributed by atoms with Crippen molar-refractivity contribution in [1.29, 1.82) is 0 Å². The number of ether oxygens (including phenoxy) is 1. The molecule has 3 saturated heterocycles. The van der Waals surface area contributed by atoms with Gasteiger partial charge in [0.05, 0.1) is 22.8 Å². The standard InChI is InChI=1S/C32H39ClF3N5O5S/c33-24-16-19(15-23(28(24)42)32(34,35)36)17-26(29(43)39-10-3-21(4-11-39)20-1-8-37-9-2-20)46-31(45)40-12-5-22(6-13-40)41-18-27-25(7-14-47-27)38-30(41)44/h7,14-16,20-22,26,37,42H,1-6,8-13,17-18H2,(H,38,44)/t26-/m1/s1. The molecule has 0 saturated carbocycles. The maximum Gasteiger partial charge on any atom is 0.420 e. The number of urea groups is 1. The molecule has 3 fully saturated rings. The minimum Gasteiger partial charge on any atom is -0.506 e. The monoisotopic (exact) mass is 697 g/mol. The third-order valence-electron chi connectivity index (χ3n) is 10.00. The summed E-state index contributed by atoms with van der Waals surface area (Å²) in [6.45, 7) is 3.98. The summed E-state index contributed by atoms with van der Waals surface area (Å²) >= 11 is 7.54. The van der Waals surface area contributed by atoms with Gasteiger partial charge in [-0.25, -0.2) is 9.59 Å². The number of benzene rings is 1. The number of aromatic hydroxyl groups is 1. The van der Waals surface area contributed by atoms with Crippen LogP contribution >= 0.6 is 22.9 Å². The van der Waals surface area contributed by atoms with Crippen LogP contribution in [0.15, 0.2) is 23.6 Å². The number of anilines is 1. The predicted molar refractivity (Wildman–Crippen MR) is 170 cm³/mol. The van der Waals surface area contributed by atoms with Gasteiger partial charge in [0.2, 0.25) is 0 Å². The topological polar surface area (TPSA) is 114 Å². The van der Waals surface area contributed by atoms with Crippen molar-refractivity contribution in [1.82, 2.24) is 20.0 Å². The van der Waals surface area contributed by atoms with E-state index < -0.39 is 40.6 Å². The van der Waals surface area contributed by atoms with Crippen LogP contribution in [0.25, 0.3) is 0 Å². The van der Waals surface area contributed by atoms with Crippen LogP contribution in [0.4, 0.5) is 28.4 Å². The SMILES string of the molecule is O=C(O[C@H](Cc1cc(Cl)c(O)c(C(F)(F)F)c1)C(=O)N1CCC(C2CCNCC2)CC1)N1CCC(N2Cc3sccc3NC2=O)CC1. The van der Waals surface area contributed by atoms with Gasteiger partial charge in [0, 0.05) is 43.5 Å². The molecule has 4 aliphatic rings. The van der Waals surface area contributed by atoms with E-state index in [-0.39, 0.29) is 37.1 Å². The molecule has 0 radical (unpaired) electrons. The number of carbonyl (C=O) groups excluding carboxylic acids is 3. The van der Waals surface area contributed by atoms with Crippen LogP contribution in [0, 0.1) is 11.8 Å². The molecular formula is C32H39ClF3N5O5S. The Hall–Kier alpha value is -3.23. The molecule has 15 heteroatoms. The van der Waals surface area contributed by atoms with Crippen LogP contribution in [-0.2, 0) is 28.7 Å². The number of halogens is 4. The number of phenolic OH excluding ortho intramolecular Hbond substituents is 1. The molecule has 4 aliphatic heterocycles. The molecule has 2 aromatic rings. The number of likely N-dealkylation sites (tertiary alicyclic amines) is 2. The number of hydrogen-bond donors (Lipinski definition) is 3. The smallest absolute Gasteiger partial charge is 0.420 e. The molecule has 0 bridgehead atoms. The van der Waals surface area contributed by atoms with E-state index in [1.807, 2.05) is 11.4 Å². The Kier molecular flexibility index (Phi) is 10.1. The zero-order valence-electron chi connectivity index (χ0n) is 25.9. The molecule has 47 heavy (non-hydrogen) atoms. The van der Waals surface area contributed by atoms with Gasteiger partial charge in [-0.05, 0) is 92.6 Å². The van der Waals surface area contributed by atoms with E-state index in [1.54, 1.807) is 21.1 Å². The highest BCUT2D eigenvalue weighted by molar-refractivity contribution is 7.10. The van der Waals surface area contributed by atoms with E-state index in [4.69, 9.17) is 16.3 Å². The second-order valence-corrected chi connectivity index (χ2v) is 14.2. The number of phenols is 1. The van der Waals surface area contributed by atoms with Crippen molar-refractivity contribution in [2.24, 2.45) is 11.8 Å². The van der Waals surface area contributed by atoms with E-state index in [0.717, 1.165) is 61.5 Å². The van der Waals surface area contributed by atoms with Crippen molar-refractivity contribution in [2.45, 2.75) is 69.8 Å². The summed E-state index contributed by atoms with van der Waals surface area (Å²) in [6, 6.07) is 3.51. The third-order valence-corrected chi connectivity index (χ3v) is 11.2. The number of rotatable bonds is 6. The summed E-state index contributed by atoms with van der Waals surface area (Å²) in [7, 11) is 0. The fourth-order valence-electron chi connectivity index (χ4n) is 7.33. The van der Waals surface area contributed by atoms with E-state index in [2.05, 4.69) is 10.6 Å². The van der Waals surface area contributed by atoms with Crippen LogP contribution in [0.5, 0.6) is 5.75 Å². The molecular weight excluding hydrogens is 659 g/mol. The van der Waals surface area contributed by atoms with Crippen molar-refractivity contribution in [2.75, 3.05) is 44.6 Å². The van der Waals surface area contributed by atoms with Gasteiger partial charge in [0.25, 0.3) is 5.91 Å². The van der Waals surface area contributed by atoms with E-state index in [9.17, 15) is 32.7 Å². The molecule has 0 spiro atoms. The van der Waals surface area contributed by atoms with E-state index in [1.165, 1.54) is 4.90 Å². The first kappa shape index (κ1) is 33.7. The minimum atomic E-state index is -4.88. The van der Waals surface area contributed by atoms with Gasteiger partial charge in [0.15, 0.2) is 6.10 Å². The van der Waals surface area contributed by atoms with Crippen molar-refractivity contribution in [3.05, 3.63) is 44.6 Å². The lowest BCUT2D eigenvalue weighted by molar-refractivity contribution is -0.142.